The molecule has 0 bridgehead atoms. The first kappa shape index (κ1) is 53.1. The summed E-state index contributed by atoms with van der Waals surface area (Å²) in [6.07, 6.45) is -2.23. The quantitative estimate of drug-likeness (QED) is 0.175. The van der Waals surface area contributed by atoms with E-state index in [9.17, 15) is 24.3 Å². The maximum absolute atomic E-state index is 15.1. The van der Waals surface area contributed by atoms with Crippen molar-refractivity contribution < 1.29 is 62.2 Å². The fraction of sp³-hybridized carbons (Fsp3) is 0.776. The lowest BCUT2D eigenvalue weighted by Gasteiger charge is -2.49. The van der Waals surface area contributed by atoms with E-state index in [4.69, 9.17) is 56.4 Å². The number of Topliss-reactive ketones (excluding diaryl/α,β-unsaturated/α-hetero) is 1. The zero-order valence-electron chi connectivity index (χ0n) is 41.0. The van der Waals surface area contributed by atoms with E-state index >= 15 is 4.79 Å². The molecule has 1 aromatic carbocycles. The van der Waals surface area contributed by atoms with Gasteiger partial charge in [0.1, 0.15) is 30.7 Å². The van der Waals surface area contributed by atoms with Crippen molar-refractivity contribution in [2.45, 2.75) is 192 Å². The van der Waals surface area contributed by atoms with Crippen molar-refractivity contribution in [3.63, 3.8) is 0 Å². The summed E-state index contributed by atoms with van der Waals surface area (Å²) in [5.74, 6) is -4.75. The fourth-order valence-electron chi connectivity index (χ4n) is 11.6. The van der Waals surface area contributed by atoms with E-state index in [1.807, 2.05) is 20.0 Å². The van der Waals surface area contributed by atoms with Gasteiger partial charge in [-0.1, -0.05) is 76.2 Å². The van der Waals surface area contributed by atoms with Crippen LogP contribution in [-0.2, 0) is 49.2 Å². The second kappa shape index (κ2) is 21.8. The molecule has 5 fully saturated rings. The van der Waals surface area contributed by atoms with Crippen LogP contribution in [0, 0.1) is 23.7 Å². The van der Waals surface area contributed by atoms with E-state index in [0.717, 1.165) is 36.1 Å². The zero-order valence-corrected chi connectivity index (χ0v) is 42.5. The minimum absolute atomic E-state index is 0.0454. The highest BCUT2D eigenvalue weighted by Gasteiger charge is 2.61. The number of amides is 3. The lowest BCUT2D eigenvalue weighted by Crippen LogP contribution is -2.62. The second-order valence-electron chi connectivity index (χ2n) is 20.3. The van der Waals surface area contributed by atoms with Crippen molar-refractivity contribution in [3.05, 3.63) is 33.8 Å². The van der Waals surface area contributed by atoms with E-state index in [1.165, 1.54) is 18.4 Å². The van der Waals surface area contributed by atoms with Crippen LogP contribution >= 0.6 is 23.2 Å². The average Bonchev–Trinajstić information content (AvgIpc) is 3.78. The molecule has 4 heterocycles. The summed E-state index contributed by atoms with van der Waals surface area (Å²) in [5.41, 5.74) is -2.10. The molecule has 0 radical (unpaired) electrons. The van der Waals surface area contributed by atoms with Crippen molar-refractivity contribution in [1.82, 2.24) is 14.7 Å². The van der Waals surface area contributed by atoms with Gasteiger partial charge in [-0.25, -0.2) is 19.3 Å². The third kappa shape index (κ3) is 11.1. The normalized spacial score (nSPS) is 38.3. The summed E-state index contributed by atoms with van der Waals surface area (Å²) >= 11 is 12.6. The summed E-state index contributed by atoms with van der Waals surface area (Å²) < 4.78 is 43.8. The number of carbonyl (C=O) groups excluding carboxylic acids is 5. The Bertz CT molecular complexity index is 1960. The minimum Gasteiger partial charge on any atom is -0.458 e. The number of ketones is 1. The van der Waals surface area contributed by atoms with Crippen LogP contribution in [0.15, 0.2) is 18.2 Å². The number of hydrogen-bond acceptors (Lipinski definition) is 14. The number of nitrogens with zero attached hydrogens (tertiary/aromatic N) is 3. The average molecular weight is 983 g/mol. The molecule has 67 heavy (non-hydrogen) atoms. The van der Waals surface area contributed by atoms with Gasteiger partial charge in [0.05, 0.1) is 45.9 Å². The van der Waals surface area contributed by atoms with E-state index < -0.39 is 102 Å². The molecule has 15 atom stereocenters. The SMILES string of the molecule is CC[C@H]1OC(=O)[C@H](C)[C@@H](OC(=O)N2C(=O)OC[C@@H]2C)[C@H](C)[C@@H](OC2O[C@H](C)C[C@H](N(C)C3CCCCC3)[C@H]2O)[C@@](C)(OC)C[C@@H](C)C(=O)[C@H](C)[C@H]2N(CCc3ccc(Cl)c(Cl)c3)C(=O)O[C@]12C. The number of hydrogen-bond donors (Lipinski definition) is 1. The fourth-order valence-corrected chi connectivity index (χ4v) is 11.9. The van der Waals surface area contributed by atoms with Crippen LogP contribution in [0.25, 0.3) is 0 Å². The highest BCUT2D eigenvalue weighted by Crippen LogP contribution is 2.44. The van der Waals surface area contributed by atoms with Crippen molar-refractivity contribution in [1.29, 1.82) is 0 Å². The Morgan fingerprint density at radius 1 is 0.970 bits per heavy atom. The number of cyclic esters (lactones) is 2. The summed E-state index contributed by atoms with van der Waals surface area (Å²) in [6, 6.07) is 3.61. The van der Waals surface area contributed by atoms with E-state index in [2.05, 4.69) is 4.90 Å². The van der Waals surface area contributed by atoms with Gasteiger partial charge < -0.3 is 38.3 Å². The van der Waals surface area contributed by atoms with E-state index in [-0.39, 0.29) is 50.0 Å². The highest BCUT2D eigenvalue weighted by molar-refractivity contribution is 6.42. The topological polar surface area (TPSA) is 180 Å². The van der Waals surface area contributed by atoms with Crippen LogP contribution in [0.5, 0.6) is 0 Å². The van der Waals surface area contributed by atoms with Crippen molar-refractivity contribution in [2.24, 2.45) is 23.7 Å². The Morgan fingerprint density at radius 2 is 1.66 bits per heavy atom. The molecule has 1 N–H and O–H groups in total. The molecule has 6 rings (SSSR count). The standard InChI is InChI=1S/C49H73Cl2N3O13/c1-12-37-49(9)41(53(45(58)67-49)21-20-32-18-19-34(50)35(51)23-32)29(5)38(55)26(2)24-48(8,61-11)42(66-44-39(56)36(22-28(4)63-44)52(10)33-16-14-13-15-17-33)30(6)40(31(7)43(57)64-37)65-47(60)54-27(3)25-62-46(54)59/h18-19,23,26-31,33,36-37,39-42,44,56H,12-17,20-22,24-25H2,1-11H3/t26-,27+,28-,29+,30+,31-,36+,37-,39-,40+,41-,42-,44?,48+,49-/m1/s1. The van der Waals surface area contributed by atoms with Gasteiger partial charge >= 0.3 is 24.2 Å². The number of imide groups is 1. The first-order valence-corrected chi connectivity index (χ1v) is 24.9. The van der Waals surface area contributed by atoms with Gasteiger partial charge in [0.15, 0.2) is 11.9 Å². The first-order chi connectivity index (χ1) is 31.6. The molecule has 5 aliphatic rings. The monoisotopic (exact) mass is 981 g/mol. The number of aliphatic hydroxyl groups excluding tert-OH is 1. The number of ether oxygens (including phenoxy) is 7. The number of methoxy groups -OCH3 is 1. The molecular weight excluding hydrogens is 909 g/mol. The lowest BCUT2D eigenvalue weighted by molar-refractivity contribution is -0.303. The van der Waals surface area contributed by atoms with Crippen LogP contribution in [0.3, 0.4) is 0 Å². The summed E-state index contributed by atoms with van der Waals surface area (Å²) in [4.78, 5) is 75.5. The molecule has 1 unspecified atom stereocenters. The number of carbonyl (C=O) groups is 5. The van der Waals surface area contributed by atoms with E-state index in [0.29, 0.717) is 22.9 Å². The lowest BCUT2D eigenvalue weighted by atomic mass is 9.73. The number of rotatable bonds is 10. The van der Waals surface area contributed by atoms with E-state index in [1.54, 1.807) is 67.5 Å². The molecular formula is C49H73Cl2N3O13. The highest BCUT2D eigenvalue weighted by atomic mass is 35.5. The predicted octanol–water partition coefficient (Wildman–Crippen LogP) is 8.22. The van der Waals surface area contributed by atoms with Crippen molar-refractivity contribution in [2.75, 3.05) is 27.3 Å². The third-order valence-corrected chi connectivity index (χ3v) is 16.2. The Kier molecular flexibility index (Phi) is 17.3. The number of halogens is 2. The van der Waals surface area contributed by atoms with Gasteiger partial charge in [-0.3, -0.25) is 19.4 Å². The van der Waals surface area contributed by atoms with Crippen LogP contribution in [0.4, 0.5) is 14.4 Å². The Morgan fingerprint density at radius 3 is 2.27 bits per heavy atom. The molecule has 4 aliphatic heterocycles. The molecule has 0 aromatic heterocycles. The maximum Gasteiger partial charge on any atom is 0.419 e. The molecule has 1 saturated carbocycles. The van der Waals surface area contributed by atoms with Crippen molar-refractivity contribution >= 4 is 53.2 Å². The minimum atomic E-state index is -1.52. The molecule has 4 saturated heterocycles. The zero-order chi connectivity index (χ0) is 49.3. The van der Waals surface area contributed by atoms with Crippen molar-refractivity contribution in [3.8, 4) is 0 Å². The van der Waals surface area contributed by atoms with Crippen LogP contribution in [0.2, 0.25) is 10.0 Å². The molecule has 1 aromatic rings. The predicted molar refractivity (Wildman–Crippen MR) is 249 cm³/mol. The number of esters is 1. The van der Waals surface area contributed by atoms with Crippen LogP contribution < -0.4 is 0 Å². The van der Waals surface area contributed by atoms with Crippen LogP contribution in [-0.4, -0.2) is 149 Å². The van der Waals surface area contributed by atoms with Gasteiger partial charge in [-0.15, -0.1) is 0 Å². The smallest absolute Gasteiger partial charge is 0.419 e. The number of aliphatic hydroxyl groups is 1. The summed E-state index contributed by atoms with van der Waals surface area (Å²) in [5, 5.41) is 13.0. The van der Waals surface area contributed by atoms with Gasteiger partial charge in [-0.05, 0) is 97.9 Å². The largest absolute Gasteiger partial charge is 0.458 e. The molecule has 3 amide bonds. The number of benzene rings is 1. The number of likely N-dealkylation sites (N-methyl/N-ethyl adjacent to an activating group) is 1. The molecule has 16 nitrogen and oxygen atoms in total. The summed E-state index contributed by atoms with van der Waals surface area (Å²) in [6.45, 7) is 15.8. The van der Waals surface area contributed by atoms with Gasteiger partial charge in [0, 0.05) is 43.5 Å². The Labute approximate surface area is 405 Å². The first-order valence-electron chi connectivity index (χ1n) is 24.2. The maximum atomic E-state index is 15.1. The second-order valence-corrected chi connectivity index (χ2v) is 21.1. The van der Waals surface area contributed by atoms with Gasteiger partial charge in [-0.2, -0.15) is 0 Å². The number of fused-ring (bicyclic) bond motifs is 1. The van der Waals surface area contributed by atoms with Gasteiger partial charge in [0.25, 0.3) is 0 Å². The molecule has 376 valence electrons. The Hall–Kier alpha value is -3.25. The van der Waals surface area contributed by atoms with Gasteiger partial charge in [0.2, 0.25) is 0 Å². The third-order valence-electron chi connectivity index (χ3n) is 15.5. The molecule has 1 aliphatic carbocycles. The summed E-state index contributed by atoms with van der Waals surface area (Å²) in [7, 11) is 3.53. The van der Waals surface area contributed by atoms with Crippen LogP contribution in [0.1, 0.15) is 119 Å². The molecule has 0 spiro atoms. The Balaban J connectivity index is 1.42. The molecule has 18 heteroatoms.